The van der Waals surface area contributed by atoms with Gasteiger partial charge in [-0.05, 0) is 19.3 Å². The predicted molar refractivity (Wildman–Crippen MR) is 49.2 cm³/mol. The lowest BCUT2D eigenvalue weighted by Crippen LogP contribution is -2.26. The Morgan fingerprint density at radius 2 is 1.94 bits per heavy atom. The minimum absolute atomic E-state index is 0.244. The number of halogens is 3. The zero-order valence-corrected chi connectivity index (χ0v) is 8.50. The minimum atomic E-state index is -5.08. The minimum Gasteiger partial charge on any atom is -0.475 e. The van der Waals surface area contributed by atoms with Gasteiger partial charge in [0.1, 0.15) is 0 Å². The first-order chi connectivity index (χ1) is 7.27. The molecule has 1 aliphatic rings. The van der Waals surface area contributed by atoms with Gasteiger partial charge in [0.25, 0.3) is 0 Å². The van der Waals surface area contributed by atoms with Crippen molar-refractivity contribution in [1.82, 2.24) is 0 Å². The van der Waals surface area contributed by atoms with Crippen LogP contribution in [0.1, 0.15) is 25.7 Å². The van der Waals surface area contributed by atoms with Gasteiger partial charge in [0.05, 0.1) is 6.07 Å². The molecule has 1 rings (SSSR count). The molecule has 4 nitrogen and oxygen atoms in total. The van der Waals surface area contributed by atoms with Gasteiger partial charge >= 0.3 is 12.1 Å². The van der Waals surface area contributed by atoms with E-state index in [1.54, 1.807) is 0 Å². The summed E-state index contributed by atoms with van der Waals surface area (Å²) in [5.41, 5.74) is 5.65. The van der Waals surface area contributed by atoms with Crippen LogP contribution in [-0.2, 0) is 4.79 Å². The number of rotatable bonds is 0. The Bertz CT molecular complexity index is 273. The zero-order valence-electron chi connectivity index (χ0n) is 8.50. The maximum atomic E-state index is 10.6. The van der Waals surface area contributed by atoms with Crippen LogP contribution in [0.15, 0.2) is 0 Å². The third-order valence-electron chi connectivity index (χ3n) is 2.14. The van der Waals surface area contributed by atoms with Crippen molar-refractivity contribution in [2.45, 2.75) is 37.9 Å². The first-order valence-corrected chi connectivity index (χ1v) is 4.72. The highest BCUT2D eigenvalue weighted by molar-refractivity contribution is 5.73. The molecule has 92 valence electrons. The van der Waals surface area contributed by atoms with Crippen molar-refractivity contribution in [2.24, 2.45) is 11.7 Å². The third kappa shape index (κ3) is 6.24. The normalized spacial score (nSPS) is 24.9. The fraction of sp³-hybridized carbons (Fsp3) is 0.778. The van der Waals surface area contributed by atoms with E-state index in [4.69, 9.17) is 20.9 Å². The van der Waals surface area contributed by atoms with E-state index in [0.717, 1.165) is 25.7 Å². The summed E-state index contributed by atoms with van der Waals surface area (Å²) in [7, 11) is 0. The van der Waals surface area contributed by atoms with Gasteiger partial charge in [-0.1, -0.05) is 6.42 Å². The first kappa shape index (κ1) is 14.7. The average molecular weight is 238 g/mol. The molecular weight excluding hydrogens is 225 g/mol. The second-order valence-corrected chi connectivity index (χ2v) is 3.56. The van der Waals surface area contributed by atoms with Gasteiger partial charge in [-0.25, -0.2) is 4.79 Å². The van der Waals surface area contributed by atoms with Crippen molar-refractivity contribution in [2.75, 3.05) is 0 Å². The number of carboxylic acids is 1. The molecule has 1 fully saturated rings. The summed E-state index contributed by atoms with van der Waals surface area (Å²) in [5, 5.41) is 15.6. The number of aliphatic carboxylic acids is 1. The van der Waals surface area contributed by atoms with Gasteiger partial charge in [-0.3, -0.25) is 0 Å². The summed E-state index contributed by atoms with van der Waals surface area (Å²) in [6, 6.07) is 2.55. The van der Waals surface area contributed by atoms with Crippen LogP contribution >= 0.6 is 0 Å². The van der Waals surface area contributed by atoms with Crippen molar-refractivity contribution in [3.8, 4) is 6.07 Å². The molecule has 0 unspecified atom stereocenters. The second kappa shape index (κ2) is 6.33. The molecule has 3 N–H and O–H groups in total. The van der Waals surface area contributed by atoms with E-state index in [-0.39, 0.29) is 5.92 Å². The van der Waals surface area contributed by atoms with Gasteiger partial charge in [0, 0.05) is 12.0 Å². The van der Waals surface area contributed by atoms with E-state index in [9.17, 15) is 13.2 Å². The van der Waals surface area contributed by atoms with E-state index >= 15 is 0 Å². The Morgan fingerprint density at radius 1 is 1.44 bits per heavy atom. The molecule has 1 aliphatic carbocycles. The number of hydrogen-bond acceptors (Lipinski definition) is 3. The molecule has 16 heavy (non-hydrogen) atoms. The summed E-state index contributed by atoms with van der Waals surface area (Å²) < 4.78 is 31.7. The Balaban J connectivity index is 0.000000293. The summed E-state index contributed by atoms with van der Waals surface area (Å²) in [6.45, 7) is 0. The van der Waals surface area contributed by atoms with E-state index in [1.165, 1.54) is 0 Å². The van der Waals surface area contributed by atoms with E-state index < -0.39 is 12.1 Å². The molecule has 0 spiro atoms. The third-order valence-corrected chi connectivity index (χ3v) is 2.14. The van der Waals surface area contributed by atoms with E-state index in [2.05, 4.69) is 6.07 Å². The zero-order chi connectivity index (χ0) is 12.8. The summed E-state index contributed by atoms with van der Waals surface area (Å²) in [6.07, 6.45) is -0.863. The van der Waals surface area contributed by atoms with Crippen LogP contribution in [0.2, 0.25) is 0 Å². The highest BCUT2D eigenvalue weighted by Gasteiger charge is 2.38. The number of nitriles is 1. The lowest BCUT2D eigenvalue weighted by atomic mass is 9.87. The SMILES string of the molecule is N#C[C@@H]1CCC[C@H](N)C1.O=C(O)C(F)(F)F. The smallest absolute Gasteiger partial charge is 0.475 e. The highest BCUT2D eigenvalue weighted by Crippen LogP contribution is 2.21. The van der Waals surface area contributed by atoms with Crippen LogP contribution in [0.3, 0.4) is 0 Å². The van der Waals surface area contributed by atoms with Crippen LogP contribution in [0.4, 0.5) is 13.2 Å². The molecule has 0 heterocycles. The van der Waals surface area contributed by atoms with Crippen molar-refractivity contribution < 1.29 is 23.1 Å². The molecule has 0 aliphatic heterocycles. The molecule has 0 saturated heterocycles. The van der Waals surface area contributed by atoms with Crippen LogP contribution in [0, 0.1) is 17.2 Å². The lowest BCUT2D eigenvalue weighted by molar-refractivity contribution is -0.192. The molecule has 0 radical (unpaired) electrons. The number of hydrogen-bond donors (Lipinski definition) is 2. The first-order valence-electron chi connectivity index (χ1n) is 4.72. The standard InChI is InChI=1S/C7H12N2.C2HF3O2/c8-5-6-2-1-3-7(9)4-6;3-2(4,5)1(6)7/h6-7H,1-4,9H2;(H,6,7)/t6-,7+;/m1./s1. The van der Waals surface area contributed by atoms with Gasteiger partial charge in [0.2, 0.25) is 0 Å². The van der Waals surface area contributed by atoms with Crippen molar-refractivity contribution in [3.63, 3.8) is 0 Å². The van der Waals surface area contributed by atoms with Crippen molar-refractivity contribution in [1.29, 1.82) is 5.26 Å². The maximum absolute atomic E-state index is 10.6. The number of alkyl halides is 3. The van der Waals surface area contributed by atoms with Gasteiger partial charge in [-0.2, -0.15) is 18.4 Å². The quantitative estimate of drug-likeness (QED) is 0.671. The summed E-state index contributed by atoms with van der Waals surface area (Å²) in [4.78, 5) is 8.90. The molecule has 2 atom stereocenters. The number of nitrogens with two attached hydrogens (primary N) is 1. The van der Waals surface area contributed by atoms with Crippen LogP contribution in [0.25, 0.3) is 0 Å². The van der Waals surface area contributed by atoms with Gasteiger partial charge in [0.15, 0.2) is 0 Å². The topological polar surface area (TPSA) is 87.1 Å². The molecule has 0 amide bonds. The second-order valence-electron chi connectivity index (χ2n) is 3.56. The highest BCUT2D eigenvalue weighted by atomic mass is 19.4. The van der Waals surface area contributed by atoms with Crippen molar-refractivity contribution >= 4 is 5.97 Å². The predicted octanol–water partition coefficient (Wildman–Crippen LogP) is 1.66. The molecule has 0 aromatic heterocycles. The maximum Gasteiger partial charge on any atom is 0.490 e. The number of carboxylic acid groups (broad SMARTS) is 1. The molecule has 0 bridgehead atoms. The van der Waals surface area contributed by atoms with Gasteiger partial charge < -0.3 is 10.8 Å². The molecule has 7 heteroatoms. The van der Waals surface area contributed by atoms with Gasteiger partial charge in [-0.15, -0.1) is 0 Å². The molecule has 1 saturated carbocycles. The Hall–Kier alpha value is -1.29. The van der Waals surface area contributed by atoms with Crippen LogP contribution in [-0.4, -0.2) is 23.3 Å². The van der Waals surface area contributed by atoms with Crippen LogP contribution in [0.5, 0.6) is 0 Å². The number of carbonyl (C=O) groups is 1. The Morgan fingerprint density at radius 3 is 2.19 bits per heavy atom. The fourth-order valence-corrected chi connectivity index (χ4v) is 1.34. The summed E-state index contributed by atoms with van der Waals surface area (Å²) in [5.74, 6) is -2.51. The molecule has 0 aromatic carbocycles. The van der Waals surface area contributed by atoms with E-state index in [0.29, 0.717) is 6.04 Å². The lowest BCUT2D eigenvalue weighted by Gasteiger charge is -2.20. The largest absolute Gasteiger partial charge is 0.490 e. The average Bonchev–Trinajstić information content (AvgIpc) is 2.17. The molecule has 0 aromatic rings. The Kier molecular flexibility index (Phi) is 5.82. The van der Waals surface area contributed by atoms with E-state index in [1.807, 2.05) is 0 Å². The van der Waals surface area contributed by atoms with Crippen LogP contribution < -0.4 is 5.73 Å². The summed E-state index contributed by atoms with van der Waals surface area (Å²) >= 11 is 0. The Labute approximate surface area is 90.8 Å². The number of nitrogens with zero attached hydrogens (tertiary/aromatic N) is 1. The monoisotopic (exact) mass is 238 g/mol. The van der Waals surface area contributed by atoms with Crippen molar-refractivity contribution in [3.05, 3.63) is 0 Å². The molecular formula is C9H13F3N2O2. The fourth-order valence-electron chi connectivity index (χ4n) is 1.34.